The molecule has 0 fully saturated rings. The van der Waals surface area contributed by atoms with Crippen LogP contribution in [-0.4, -0.2) is 37.2 Å². The average molecular weight is 394 g/mol. The van der Waals surface area contributed by atoms with Crippen molar-refractivity contribution in [3.63, 3.8) is 0 Å². The van der Waals surface area contributed by atoms with Gasteiger partial charge in [-0.25, -0.2) is 0 Å². The highest BCUT2D eigenvalue weighted by Crippen LogP contribution is 2.39. The molecule has 0 saturated heterocycles. The Morgan fingerprint density at radius 3 is 2.41 bits per heavy atom. The van der Waals surface area contributed by atoms with E-state index in [1.54, 1.807) is 32.0 Å². The van der Waals surface area contributed by atoms with Crippen LogP contribution >= 0.6 is 0 Å². The first-order valence-corrected chi connectivity index (χ1v) is 8.98. The van der Waals surface area contributed by atoms with Gasteiger partial charge in [-0.3, -0.25) is 14.4 Å². The Balaban J connectivity index is 2.13. The minimum atomic E-state index is -0.557. The van der Waals surface area contributed by atoms with Gasteiger partial charge in [-0.1, -0.05) is 17.2 Å². The Morgan fingerprint density at radius 1 is 1.03 bits per heavy atom. The summed E-state index contributed by atoms with van der Waals surface area (Å²) >= 11 is 0. The molecule has 2 aromatic rings. The van der Waals surface area contributed by atoms with Gasteiger partial charge in [0.15, 0.2) is 5.78 Å². The van der Waals surface area contributed by atoms with Crippen LogP contribution in [0.2, 0.25) is 0 Å². The summed E-state index contributed by atoms with van der Waals surface area (Å²) < 4.78 is 11.1. The largest absolute Gasteiger partial charge is 0.493 e. The zero-order valence-electron chi connectivity index (χ0n) is 15.9. The van der Waals surface area contributed by atoms with Gasteiger partial charge in [-0.05, 0) is 31.5 Å². The fourth-order valence-electron chi connectivity index (χ4n) is 3.17. The van der Waals surface area contributed by atoms with E-state index in [9.17, 15) is 14.4 Å². The molecule has 3 rings (SSSR count). The van der Waals surface area contributed by atoms with Gasteiger partial charge in [0.1, 0.15) is 18.0 Å². The van der Waals surface area contributed by atoms with Crippen LogP contribution in [0.1, 0.15) is 45.7 Å². The van der Waals surface area contributed by atoms with E-state index in [1.165, 1.54) is 12.1 Å². The van der Waals surface area contributed by atoms with Crippen molar-refractivity contribution in [3.05, 3.63) is 63.0 Å². The summed E-state index contributed by atoms with van der Waals surface area (Å²) in [4.78, 5) is 40.8. The van der Waals surface area contributed by atoms with Crippen LogP contribution in [0.4, 0.5) is 5.69 Å². The summed E-state index contributed by atoms with van der Waals surface area (Å²) in [5, 5.41) is 5.75. The number of nitrogens with one attached hydrogen (secondary N) is 1. The highest BCUT2D eigenvalue weighted by molar-refractivity contribution is 6.30. The Hall–Kier alpha value is -3.84. The number of ketones is 2. The molecule has 148 valence electrons. The molecule has 0 saturated carbocycles. The van der Waals surface area contributed by atoms with Crippen LogP contribution in [0.25, 0.3) is 10.4 Å². The number of rotatable bonds is 7. The quantitative estimate of drug-likeness (QED) is 0.372. The number of hydrogen-bond donors (Lipinski definition) is 1. The van der Waals surface area contributed by atoms with Gasteiger partial charge in [-0.15, -0.1) is 0 Å². The SMILES string of the molecule is CCOc1cccc2c1C(=O)c1c(OCC)cc(NC(=O)CN=[N+]=[N-])cc1C2=O. The van der Waals surface area contributed by atoms with Gasteiger partial charge in [0.2, 0.25) is 11.7 Å². The van der Waals surface area contributed by atoms with Crippen molar-refractivity contribution in [2.75, 3.05) is 25.1 Å². The predicted octanol–water partition coefficient (Wildman–Crippen LogP) is 3.51. The minimum absolute atomic E-state index is 0.126. The maximum atomic E-state index is 13.3. The first-order valence-electron chi connectivity index (χ1n) is 8.98. The summed E-state index contributed by atoms with van der Waals surface area (Å²) in [5.41, 5.74) is 9.28. The number of fused-ring (bicyclic) bond motifs is 2. The molecule has 0 aromatic heterocycles. The molecule has 0 heterocycles. The smallest absolute Gasteiger partial charge is 0.230 e. The molecule has 0 radical (unpaired) electrons. The fraction of sp³-hybridized carbons (Fsp3) is 0.250. The van der Waals surface area contributed by atoms with E-state index < -0.39 is 12.5 Å². The lowest BCUT2D eigenvalue weighted by Crippen LogP contribution is -2.24. The second kappa shape index (κ2) is 8.45. The van der Waals surface area contributed by atoms with Crippen LogP contribution in [0.5, 0.6) is 11.5 Å². The Morgan fingerprint density at radius 2 is 1.72 bits per heavy atom. The molecule has 0 bridgehead atoms. The second-order valence-corrected chi connectivity index (χ2v) is 6.04. The van der Waals surface area contributed by atoms with Gasteiger partial charge in [0, 0.05) is 27.8 Å². The van der Waals surface area contributed by atoms with Crippen LogP contribution in [-0.2, 0) is 4.79 Å². The predicted molar refractivity (Wildman–Crippen MR) is 105 cm³/mol. The van der Waals surface area contributed by atoms with Gasteiger partial charge in [-0.2, -0.15) is 0 Å². The van der Waals surface area contributed by atoms with Crippen molar-refractivity contribution in [1.29, 1.82) is 0 Å². The third-order valence-electron chi connectivity index (χ3n) is 4.23. The van der Waals surface area contributed by atoms with Gasteiger partial charge in [0.25, 0.3) is 0 Å². The van der Waals surface area contributed by atoms with Gasteiger partial charge >= 0.3 is 0 Å². The highest BCUT2D eigenvalue weighted by atomic mass is 16.5. The van der Waals surface area contributed by atoms with E-state index in [0.29, 0.717) is 12.4 Å². The molecule has 1 aliphatic carbocycles. The van der Waals surface area contributed by atoms with Gasteiger partial charge < -0.3 is 14.8 Å². The number of hydrogen-bond acceptors (Lipinski definition) is 6. The van der Waals surface area contributed by atoms with Crippen molar-refractivity contribution in [2.45, 2.75) is 13.8 Å². The second-order valence-electron chi connectivity index (χ2n) is 6.04. The molecule has 29 heavy (non-hydrogen) atoms. The number of carbonyl (C=O) groups excluding carboxylic acids is 3. The maximum absolute atomic E-state index is 13.3. The number of azide groups is 1. The van der Waals surface area contributed by atoms with E-state index in [2.05, 4.69) is 15.3 Å². The van der Waals surface area contributed by atoms with Crippen molar-refractivity contribution < 1.29 is 23.9 Å². The van der Waals surface area contributed by atoms with Crippen LogP contribution in [0.3, 0.4) is 0 Å². The zero-order chi connectivity index (χ0) is 21.0. The first-order chi connectivity index (χ1) is 14.0. The molecule has 9 nitrogen and oxygen atoms in total. The summed E-state index contributed by atoms with van der Waals surface area (Å²) in [6.07, 6.45) is 0. The normalized spacial score (nSPS) is 11.8. The van der Waals surface area contributed by atoms with Crippen LogP contribution < -0.4 is 14.8 Å². The van der Waals surface area contributed by atoms with E-state index >= 15 is 0 Å². The maximum Gasteiger partial charge on any atom is 0.230 e. The first kappa shape index (κ1) is 19.9. The third-order valence-corrected chi connectivity index (χ3v) is 4.23. The van der Waals surface area contributed by atoms with Crippen molar-refractivity contribution in [2.24, 2.45) is 5.11 Å². The Kier molecular flexibility index (Phi) is 5.80. The van der Waals surface area contributed by atoms with Crippen molar-refractivity contribution in [3.8, 4) is 11.5 Å². The number of benzene rings is 2. The molecular formula is C20H18N4O5. The lowest BCUT2D eigenvalue weighted by atomic mass is 9.82. The van der Waals surface area contributed by atoms with E-state index in [4.69, 9.17) is 15.0 Å². The number of nitrogens with zero attached hydrogens (tertiary/aromatic N) is 3. The molecule has 0 unspecified atom stereocenters. The summed E-state index contributed by atoms with van der Waals surface area (Å²) in [7, 11) is 0. The third kappa shape index (κ3) is 3.76. The lowest BCUT2D eigenvalue weighted by molar-refractivity contribution is -0.114. The summed E-state index contributed by atoms with van der Waals surface area (Å²) in [6, 6.07) is 7.74. The van der Waals surface area contributed by atoms with Gasteiger partial charge in [0.05, 0.1) is 24.3 Å². The van der Waals surface area contributed by atoms with E-state index in [-0.39, 0.29) is 51.9 Å². The zero-order valence-corrected chi connectivity index (χ0v) is 15.9. The standard InChI is InChI=1S/C20H18N4O5/c1-3-28-14-7-5-6-12-17(14)20(27)18-13(19(12)26)8-11(9-15(18)29-4-2)23-16(25)10-22-24-21/h5-9H,3-4,10H2,1-2H3,(H,23,25). The van der Waals surface area contributed by atoms with Crippen molar-refractivity contribution >= 4 is 23.2 Å². The average Bonchev–Trinajstić information content (AvgIpc) is 2.70. The molecule has 1 N–H and O–H groups in total. The molecule has 1 aliphatic rings. The molecule has 9 heteroatoms. The van der Waals surface area contributed by atoms with Crippen LogP contribution in [0, 0.1) is 0 Å². The lowest BCUT2D eigenvalue weighted by Gasteiger charge is -2.23. The van der Waals surface area contributed by atoms with E-state index in [1.807, 2.05) is 0 Å². The summed E-state index contributed by atoms with van der Waals surface area (Å²) in [5.74, 6) is -0.793. The number of amides is 1. The molecule has 1 amide bonds. The molecule has 0 spiro atoms. The molecule has 2 aromatic carbocycles. The monoisotopic (exact) mass is 394 g/mol. The van der Waals surface area contributed by atoms with Crippen molar-refractivity contribution in [1.82, 2.24) is 0 Å². The number of anilines is 1. The molecule has 0 atom stereocenters. The topological polar surface area (TPSA) is 130 Å². The minimum Gasteiger partial charge on any atom is -0.493 e. The Bertz CT molecular complexity index is 1060. The molecular weight excluding hydrogens is 376 g/mol. The van der Waals surface area contributed by atoms with Crippen LogP contribution in [0.15, 0.2) is 35.4 Å². The molecule has 0 aliphatic heterocycles. The summed E-state index contributed by atoms with van der Waals surface area (Å²) in [6.45, 7) is 3.74. The fourth-order valence-corrected chi connectivity index (χ4v) is 3.17. The number of carbonyl (C=O) groups is 3. The highest BCUT2D eigenvalue weighted by Gasteiger charge is 2.35. The van der Waals surface area contributed by atoms with E-state index in [0.717, 1.165) is 0 Å². The Labute approximate surface area is 166 Å². The number of ether oxygens (including phenoxy) is 2.